The highest BCUT2D eigenvalue weighted by Gasteiger charge is 2.38. The lowest BCUT2D eigenvalue weighted by molar-refractivity contribution is -0.0197. The van der Waals surface area contributed by atoms with Crippen molar-refractivity contribution in [2.45, 2.75) is 39.1 Å². The summed E-state index contributed by atoms with van der Waals surface area (Å²) in [4.78, 5) is 13.2. The highest BCUT2D eigenvalue weighted by molar-refractivity contribution is 5.97. The van der Waals surface area contributed by atoms with Gasteiger partial charge in [0.2, 0.25) is 0 Å². The van der Waals surface area contributed by atoms with Gasteiger partial charge in [0.25, 0.3) is 6.02 Å². The van der Waals surface area contributed by atoms with E-state index in [1.54, 1.807) is 13.0 Å². The number of halogens is 1. The van der Waals surface area contributed by atoms with E-state index >= 15 is 0 Å². The van der Waals surface area contributed by atoms with E-state index in [1.807, 2.05) is 56.3 Å². The van der Waals surface area contributed by atoms with Crippen LogP contribution in [0.25, 0.3) is 10.9 Å². The van der Waals surface area contributed by atoms with Gasteiger partial charge < -0.3 is 25.2 Å². The summed E-state index contributed by atoms with van der Waals surface area (Å²) in [5.74, 6) is 1.08. The van der Waals surface area contributed by atoms with Gasteiger partial charge >= 0.3 is 0 Å². The molecule has 0 radical (unpaired) electrons. The number of nitrogens with zero attached hydrogens (tertiary/aromatic N) is 3. The predicted molar refractivity (Wildman–Crippen MR) is 142 cm³/mol. The zero-order valence-corrected chi connectivity index (χ0v) is 20.8. The molecule has 37 heavy (non-hydrogen) atoms. The fourth-order valence-electron chi connectivity index (χ4n) is 3.97. The minimum absolute atomic E-state index is 0.281. The summed E-state index contributed by atoms with van der Waals surface area (Å²) in [7, 11) is 0. The molecule has 9 heteroatoms. The first-order chi connectivity index (χ1) is 17.8. The number of aliphatic hydroxyl groups excluding tert-OH is 1. The largest absolute Gasteiger partial charge is 0.489 e. The Morgan fingerprint density at radius 1 is 1.08 bits per heavy atom. The van der Waals surface area contributed by atoms with Crippen LogP contribution in [0.5, 0.6) is 5.75 Å². The normalized spacial score (nSPS) is 17.7. The fourth-order valence-corrected chi connectivity index (χ4v) is 3.97. The van der Waals surface area contributed by atoms with E-state index in [2.05, 4.69) is 25.6 Å². The number of benzene rings is 3. The van der Waals surface area contributed by atoms with E-state index in [4.69, 9.17) is 9.47 Å². The molecule has 0 unspecified atom stereocenters. The second kappa shape index (κ2) is 10.0. The number of aliphatic hydroxyl groups is 1. The summed E-state index contributed by atoms with van der Waals surface area (Å²) in [6.07, 6.45) is 0.859. The zero-order chi connectivity index (χ0) is 26.0. The van der Waals surface area contributed by atoms with Gasteiger partial charge in [-0.2, -0.15) is 0 Å². The molecular formula is C28H28FN5O3. The Bertz CT molecular complexity index is 1480. The van der Waals surface area contributed by atoms with Gasteiger partial charge in [-0.1, -0.05) is 12.1 Å². The zero-order valence-electron chi connectivity index (χ0n) is 20.8. The molecule has 0 amide bonds. The number of nitrogens with one attached hydrogen (secondary N) is 2. The van der Waals surface area contributed by atoms with Gasteiger partial charge in [-0.15, -0.1) is 0 Å². The Kier molecular flexibility index (Phi) is 6.62. The standard InChI is InChI=1S/C28H28FN5O3/c1-17-11-21(8-10-25(17)36-14-19-5-4-6-20(29)12-19)33-26-23-13-22(7-9-24(23)31-16-32-26)34-27-30-15-28(3,37-27)18(2)35/h4-13,16,18,35H,14-15H2,1-3H3,(H,30,34)(H,31,32,33)/t18-,28-/m0/s1. The van der Waals surface area contributed by atoms with Gasteiger partial charge in [-0.05, 0) is 80.4 Å². The van der Waals surface area contributed by atoms with Crippen LogP contribution in [0.2, 0.25) is 0 Å². The van der Waals surface area contributed by atoms with Crippen molar-refractivity contribution in [1.82, 2.24) is 9.97 Å². The third-order valence-electron chi connectivity index (χ3n) is 6.36. The van der Waals surface area contributed by atoms with Crippen molar-refractivity contribution in [3.8, 4) is 5.75 Å². The third-order valence-corrected chi connectivity index (χ3v) is 6.36. The van der Waals surface area contributed by atoms with E-state index in [-0.39, 0.29) is 12.4 Å². The Labute approximate surface area is 214 Å². The number of aryl methyl sites for hydroxylation is 1. The highest BCUT2D eigenvalue weighted by Crippen LogP contribution is 2.30. The number of hydrogen-bond donors (Lipinski definition) is 3. The molecular weight excluding hydrogens is 473 g/mol. The molecule has 2 heterocycles. The van der Waals surface area contributed by atoms with Crippen LogP contribution in [0.1, 0.15) is 25.0 Å². The molecule has 190 valence electrons. The summed E-state index contributed by atoms with van der Waals surface area (Å²) in [5.41, 5.74) is 3.32. The Morgan fingerprint density at radius 2 is 1.89 bits per heavy atom. The quantitative estimate of drug-likeness (QED) is 0.314. The minimum atomic E-state index is -0.750. The number of aromatic nitrogens is 2. The average Bonchev–Trinajstić information content (AvgIpc) is 3.26. The van der Waals surface area contributed by atoms with E-state index in [0.717, 1.165) is 39.2 Å². The van der Waals surface area contributed by atoms with Crippen molar-refractivity contribution in [2.75, 3.05) is 17.2 Å². The number of amidine groups is 1. The van der Waals surface area contributed by atoms with Crippen molar-refractivity contribution in [1.29, 1.82) is 0 Å². The molecule has 2 atom stereocenters. The molecule has 1 aliphatic heterocycles. The SMILES string of the molecule is Cc1cc(Nc2ncnc3ccc(NC4=NC[C@@](C)([C@H](C)O)O4)cc23)ccc1OCc1cccc(F)c1. The monoisotopic (exact) mass is 501 g/mol. The van der Waals surface area contributed by atoms with E-state index in [0.29, 0.717) is 18.4 Å². The Morgan fingerprint density at radius 3 is 2.65 bits per heavy atom. The van der Waals surface area contributed by atoms with Gasteiger partial charge in [0.05, 0.1) is 18.2 Å². The molecule has 0 spiro atoms. The van der Waals surface area contributed by atoms with Crippen LogP contribution in [0.15, 0.2) is 72.0 Å². The summed E-state index contributed by atoms with van der Waals surface area (Å²) in [6, 6.07) is 18.2. The van der Waals surface area contributed by atoms with Crippen molar-refractivity contribution in [2.24, 2.45) is 4.99 Å². The van der Waals surface area contributed by atoms with Gasteiger partial charge in [0.15, 0.2) is 5.60 Å². The maximum Gasteiger partial charge on any atom is 0.290 e. The molecule has 1 aliphatic rings. The maximum absolute atomic E-state index is 13.4. The van der Waals surface area contributed by atoms with Crippen molar-refractivity contribution in [3.05, 3.63) is 83.9 Å². The lowest BCUT2D eigenvalue weighted by Gasteiger charge is -2.26. The fraction of sp³-hybridized carbons (Fsp3) is 0.250. The van der Waals surface area contributed by atoms with Crippen molar-refractivity contribution < 1.29 is 19.0 Å². The molecule has 8 nitrogen and oxygen atoms in total. The first kappa shape index (κ1) is 24.5. The van der Waals surface area contributed by atoms with Crippen LogP contribution < -0.4 is 15.4 Å². The molecule has 1 aromatic heterocycles. The third kappa shape index (κ3) is 5.46. The summed E-state index contributed by atoms with van der Waals surface area (Å²) >= 11 is 0. The van der Waals surface area contributed by atoms with E-state index in [1.165, 1.54) is 18.5 Å². The van der Waals surface area contributed by atoms with Gasteiger partial charge in [-0.3, -0.25) is 0 Å². The summed E-state index contributed by atoms with van der Waals surface area (Å²) in [6.45, 7) is 6.12. The van der Waals surface area contributed by atoms with Gasteiger partial charge in [0, 0.05) is 16.8 Å². The number of aliphatic imine (C=N–C) groups is 1. The first-order valence-corrected chi connectivity index (χ1v) is 12.0. The molecule has 0 aliphatic carbocycles. The molecule has 0 fully saturated rings. The van der Waals surface area contributed by atoms with E-state index in [9.17, 15) is 9.50 Å². The Hall–Kier alpha value is -4.24. The predicted octanol–water partition coefficient (Wildman–Crippen LogP) is 5.34. The number of ether oxygens (including phenoxy) is 2. The maximum atomic E-state index is 13.4. The van der Waals surface area contributed by atoms with Gasteiger partial charge in [0.1, 0.15) is 30.3 Å². The number of anilines is 3. The van der Waals surface area contributed by atoms with Gasteiger partial charge in [-0.25, -0.2) is 19.4 Å². The molecule has 0 saturated carbocycles. The second-order valence-electron chi connectivity index (χ2n) is 9.32. The van der Waals surface area contributed by atoms with Crippen LogP contribution in [-0.2, 0) is 11.3 Å². The molecule has 3 N–H and O–H groups in total. The summed E-state index contributed by atoms with van der Waals surface area (Å²) < 4.78 is 25.2. The minimum Gasteiger partial charge on any atom is -0.489 e. The highest BCUT2D eigenvalue weighted by atomic mass is 19.1. The van der Waals surface area contributed by atoms with Crippen LogP contribution in [0, 0.1) is 12.7 Å². The smallest absolute Gasteiger partial charge is 0.290 e. The number of fused-ring (bicyclic) bond motifs is 1. The molecule has 4 aromatic rings. The summed E-state index contributed by atoms with van der Waals surface area (Å²) in [5, 5.41) is 17.3. The van der Waals surface area contributed by atoms with Crippen LogP contribution in [0.3, 0.4) is 0 Å². The first-order valence-electron chi connectivity index (χ1n) is 12.0. The molecule has 0 saturated heterocycles. The molecule has 5 rings (SSSR count). The lowest BCUT2D eigenvalue weighted by atomic mass is 10.0. The number of rotatable bonds is 7. The molecule has 0 bridgehead atoms. The topological polar surface area (TPSA) is 101 Å². The van der Waals surface area contributed by atoms with Crippen molar-refractivity contribution >= 4 is 34.1 Å². The van der Waals surface area contributed by atoms with E-state index < -0.39 is 11.7 Å². The van der Waals surface area contributed by atoms with Crippen LogP contribution in [0.4, 0.5) is 21.6 Å². The second-order valence-corrected chi connectivity index (χ2v) is 9.32. The van der Waals surface area contributed by atoms with Crippen LogP contribution in [-0.4, -0.2) is 39.3 Å². The number of hydrogen-bond acceptors (Lipinski definition) is 8. The van der Waals surface area contributed by atoms with Crippen LogP contribution >= 0.6 is 0 Å². The molecule has 3 aromatic carbocycles. The Balaban J connectivity index is 1.31. The lowest BCUT2D eigenvalue weighted by Crippen LogP contribution is -2.41. The van der Waals surface area contributed by atoms with Crippen molar-refractivity contribution in [3.63, 3.8) is 0 Å². The average molecular weight is 502 g/mol.